The molecule has 3 aliphatic rings. The Morgan fingerprint density at radius 2 is 1.79 bits per heavy atom. The molecule has 0 radical (unpaired) electrons. The van der Waals surface area contributed by atoms with Crippen LogP contribution in [0.3, 0.4) is 0 Å². The monoisotopic (exact) mass is 336 g/mol. The number of carbonyl (C=O) groups is 3. The molecule has 1 saturated carbocycles. The number of carbonyl (C=O) groups excluding carboxylic acids is 3. The van der Waals surface area contributed by atoms with Gasteiger partial charge in [-0.1, -0.05) is 33.1 Å². The molecule has 3 rings (SSSR count). The number of nitrogens with one attached hydrogen (secondary N) is 2. The molecule has 0 aromatic carbocycles. The predicted molar refractivity (Wildman–Crippen MR) is 88.7 cm³/mol. The molecule has 1 spiro atoms. The van der Waals surface area contributed by atoms with Gasteiger partial charge in [-0.25, -0.2) is 4.79 Å². The standard InChI is InChI=1S/C17H28N4O3/c1-12-8-13(2)10-20(9-12)11-14(22)19-21-15(23)17(18-16(21)24)6-4-3-5-7-17/h12-13H,3-11H2,1-2H3,(H,18,24)(H,19,22). The summed E-state index contributed by atoms with van der Waals surface area (Å²) in [7, 11) is 0. The van der Waals surface area contributed by atoms with Crippen LogP contribution in [0.25, 0.3) is 0 Å². The van der Waals surface area contributed by atoms with Crippen LogP contribution in [-0.2, 0) is 9.59 Å². The molecule has 1 aliphatic carbocycles. The van der Waals surface area contributed by atoms with Crippen molar-refractivity contribution in [3.05, 3.63) is 0 Å². The van der Waals surface area contributed by atoms with Crippen LogP contribution >= 0.6 is 0 Å². The first kappa shape index (κ1) is 17.2. The van der Waals surface area contributed by atoms with Gasteiger partial charge in [-0.3, -0.25) is 19.9 Å². The Morgan fingerprint density at radius 3 is 2.42 bits per heavy atom. The van der Waals surface area contributed by atoms with Crippen LogP contribution in [-0.4, -0.2) is 52.9 Å². The largest absolute Gasteiger partial charge is 0.344 e. The van der Waals surface area contributed by atoms with E-state index in [0.29, 0.717) is 24.7 Å². The number of urea groups is 1. The van der Waals surface area contributed by atoms with Gasteiger partial charge in [0.2, 0.25) is 0 Å². The molecule has 4 amide bonds. The lowest BCUT2D eigenvalue weighted by Gasteiger charge is -2.34. The van der Waals surface area contributed by atoms with Crippen molar-refractivity contribution in [2.45, 2.75) is 57.9 Å². The van der Waals surface area contributed by atoms with Gasteiger partial charge in [0.05, 0.1) is 6.54 Å². The quantitative estimate of drug-likeness (QED) is 0.760. The zero-order valence-corrected chi connectivity index (χ0v) is 14.6. The Balaban J connectivity index is 1.58. The van der Waals surface area contributed by atoms with E-state index in [1.165, 1.54) is 6.42 Å². The van der Waals surface area contributed by atoms with Crippen LogP contribution in [0.2, 0.25) is 0 Å². The lowest BCUT2D eigenvalue weighted by Crippen LogP contribution is -2.53. The molecule has 2 heterocycles. The fourth-order valence-electron chi connectivity index (χ4n) is 4.50. The Morgan fingerprint density at radius 1 is 1.17 bits per heavy atom. The van der Waals surface area contributed by atoms with Crippen molar-refractivity contribution in [3.63, 3.8) is 0 Å². The van der Waals surface area contributed by atoms with Crippen LogP contribution in [0.15, 0.2) is 0 Å². The summed E-state index contributed by atoms with van der Waals surface area (Å²) in [5, 5.41) is 3.69. The first-order valence-electron chi connectivity index (χ1n) is 9.08. The molecule has 3 fully saturated rings. The van der Waals surface area contributed by atoms with Gasteiger partial charge < -0.3 is 5.32 Å². The van der Waals surface area contributed by atoms with Crippen molar-refractivity contribution in [2.75, 3.05) is 19.6 Å². The first-order valence-corrected chi connectivity index (χ1v) is 9.08. The van der Waals surface area contributed by atoms with Crippen molar-refractivity contribution in [1.82, 2.24) is 20.7 Å². The lowest BCUT2D eigenvalue weighted by atomic mass is 9.82. The van der Waals surface area contributed by atoms with Crippen LogP contribution < -0.4 is 10.7 Å². The predicted octanol–water partition coefficient (Wildman–Crippen LogP) is 1.25. The van der Waals surface area contributed by atoms with E-state index in [1.807, 2.05) is 0 Å². The van der Waals surface area contributed by atoms with Crippen LogP contribution in [0.4, 0.5) is 4.79 Å². The molecule has 0 bridgehead atoms. The van der Waals surface area contributed by atoms with Gasteiger partial charge in [-0.15, -0.1) is 0 Å². The van der Waals surface area contributed by atoms with E-state index in [-0.39, 0.29) is 18.4 Å². The number of hydrazine groups is 1. The number of hydrogen-bond donors (Lipinski definition) is 2. The molecular weight excluding hydrogens is 308 g/mol. The minimum absolute atomic E-state index is 0.221. The average Bonchev–Trinajstić information content (AvgIpc) is 2.71. The Labute approximate surface area is 143 Å². The zero-order valence-electron chi connectivity index (χ0n) is 14.6. The second-order valence-corrected chi connectivity index (χ2v) is 7.89. The van der Waals surface area contributed by atoms with Crippen molar-refractivity contribution >= 4 is 17.8 Å². The molecule has 2 aliphatic heterocycles. The second-order valence-electron chi connectivity index (χ2n) is 7.89. The number of nitrogens with zero attached hydrogens (tertiary/aromatic N) is 2. The van der Waals surface area contributed by atoms with Gasteiger partial charge in [-0.2, -0.15) is 5.01 Å². The second kappa shape index (κ2) is 6.70. The molecule has 2 saturated heterocycles. The van der Waals surface area contributed by atoms with Crippen molar-refractivity contribution < 1.29 is 14.4 Å². The number of imide groups is 1. The molecule has 7 nitrogen and oxygen atoms in total. The SMILES string of the molecule is CC1CC(C)CN(CC(=O)NN2C(=O)NC3(CCCCC3)C2=O)C1. The highest BCUT2D eigenvalue weighted by molar-refractivity contribution is 6.08. The third-order valence-electron chi connectivity index (χ3n) is 5.42. The number of hydrogen-bond acceptors (Lipinski definition) is 4. The van der Waals surface area contributed by atoms with E-state index in [2.05, 4.69) is 29.5 Å². The molecule has 2 unspecified atom stereocenters. The summed E-state index contributed by atoms with van der Waals surface area (Å²) in [5.74, 6) is 0.515. The molecular formula is C17H28N4O3. The molecule has 0 aromatic rings. The summed E-state index contributed by atoms with van der Waals surface area (Å²) >= 11 is 0. The third-order valence-corrected chi connectivity index (χ3v) is 5.42. The van der Waals surface area contributed by atoms with E-state index in [0.717, 1.165) is 37.4 Å². The summed E-state index contributed by atoms with van der Waals surface area (Å²) in [5.41, 5.74) is 1.72. The lowest BCUT2D eigenvalue weighted by molar-refractivity contribution is -0.140. The third kappa shape index (κ3) is 3.41. The van der Waals surface area contributed by atoms with Gasteiger partial charge in [0, 0.05) is 13.1 Å². The molecule has 0 aromatic heterocycles. The maximum Gasteiger partial charge on any atom is 0.344 e. The maximum atomic E-state index is 12.6. The summed E-state index contributed by atoms with van der Waals surface area (Å²) in [4.78, 5) is 39.2. The fourth-order valence-corrected chi connectivity index (χ4v) is 4.50. The topological polar surface area (TPSA) is 81.8 Å². The van der Waals surface area contributed by atoms with Gasteiger partial charge in [0.25, 0.3) is 11.8 Å². The molecule has 2 N–H and O–H groups in total. The number of piperidine rings is 1. The number of likely N-dealkylation sites (tertiary alicyclic amines) is 1. The molecule has 134 valence electrons. The molecule has 24 heavy (non-hydrogen) atoms. The van der Waals surface area contributed by atoms with E-state index in [9.17, 15) is 14.4 Å². The summed E-state index contributed by atoms with van der Waals surface area (Å²) in [6, 6.07) is -0.504. The Hall–Kier alpha value is -1.63. The number of amides is 4. The summed E-state index contributed by atoms with van der Waals surface area (Å²) < 4.78 is 0. The smallest absolute Gasteiger partial charge is 0.322 e. The van der Waals surface area contributed by atoms with Gasteiger partial charge in [0.1, 0.15) is 5.54 Å². The van der Waals surface area contributed by atoms with Crippen molar-refractivity contribution in [2.24, 2.45) is 11.8 Å². The molecule has 2 atom stereocenters. The van der Waals surface area contributed by atoms with Gasteiger partial charge in [-0.05, 0) is 31.1 Å². The zero-order chi connectivity index (χ0) is 17.3. The Kier molecular flexibility index (Phi) is 4.80. The summed E-state index contributed by atoms with van der Waals surface area (Å²) in [6.07, 6.45) is 5.43. The van der Waals surface area contributed by atoms with E-state index in [1.54, 1.807) is 0 Å². The van der Waals surface area contributed by atoms with E-state index < -0.39 is 11.6 Å². The van der Waals surface area contributed by atoms with Crippen LogP contribution in [0, 0.1) is 11.8 Å². The van der Waals surface area contributed by atoms with Crippen molar-refractivity contribution in [3.8, 4) is 0 Å². The average molecular weight is 336 g/mol. The highest BCUT2D eigenvalue weighted by atomic mass is 16.2. The minimum atomic E-state index is -0.795. The van der Waals surface area contributed by atoms with Crippen LogP contribution in [0.1, 0.15) is 52.4 Å². The number of rotatable bonds is 3. The normalized spacial score (nSPS) is 30.5. The van der Waals surface area contributed by atoms with E-state index >= 15 is 0 Å². The fraction of sp³-hybridized carbons (Fsp3) is 0.824. The molecule has 7 heteroatoms. The van der Waals surface area contributed by atoms with Crippen LogP contribution in [0.5, 0.6) is 0 Å². The highest BCUT2D eigenvalue weighted by Crippen LogP contribution is 2.33. The van der Waals surface area contributed by atoms with Gasteiger partial charge in [0.15, 0.2) is 0 Å². The van der Waals surface area contributed by atoms with E-state index in [4.69, 9.17) is 0 Å². The van der Waals surface area contributed by atoms with Crippen molar-refractivity contribution in [1.29, 1.82) is 0 Å². The first-order chi connectivity index (χ1) is 11.4. The summed E-state index contributed by atoms with van der Waals surface area (Å²) in [6.45, 7) is 6.35. The van der Waals surface area contributed by atoms with Gasteiger partial charge >= 0.3 is 6.03 Å². The minimum Gasteiger partial charge on any atom is -0.322 e. The maximum absolute atomic E-state index is 12.6. The highest BCUT2D eigenvalue weighted by Gasteiger charge is 2.52. The Bertz CT molecular complexity index is 520.